The van der Waals surface area contributed by atoms with Crippen LogP contribution < -0.4 is 5.32 Å². The van der Waals surface area contributed by atoms with Crippen molar-refractivity contribution in [1.82, 2.24) is 5.32 Å². The number of nitrogens with one attached hydrogen (secondary N) is 1. The van der Waals surface area contributed by atoms with E-state index in [9.17, 15) is 9.90 Å². The zero-order chi connectivity index (χ0) is 10.0. The fourth-order valence-corrected chi connectivity index (χ4v) is 1.23. The second kappa shape index (κ2) is 3.66. The lowest BCUT2D eigenvalue weighted by Crippen LogP contribution is -2.18. The molecule has 0 fully saturated rings. The van der Waals surface area contributed by atoms with Gasteiger partial charge in [0.25, 0.3) is 5.91 Å². The number of carbonyl (C=O) groups is 1. The number of phenolic OH excluding ortho intramolecular Hbond substituents is 1. The first kappa shape index (κ1) is 9.86. The number of carbonyl (C=O) groups excluding carboxylic acids is 1. The molecular formula is C9H10ClNO2. The molecule has 0 heterocycles. The quantitative estimate of drug-likeness (QED) is 0.724. The molecule has 0 unspecified atom stereocenters. The van der Waals surface area contributed by atoms with E-state index in [2.05, 4.69) is 5.32 Å². The molecule has 0 saturated carbocycles. The lowest BCUT2D eigenvalue weighted by molar-refractivity contribution is 0.0963. The summed E-state index contributed by atoms with van der Waals surface area (Å²) in [6.45, 7) is 1.66. The van der Waals surface area contributed by atoms with Gasteiger partial charge in [-0.25, -0.2) is 0 Å². The van der Waals surface area contributed by atoms with Crippen molar-refractivity contribution in [2.24, 2.45) is 0 Å². The van der Waals surface area contributed by atoms with Gasteiger partial charge in [0.2, 0.25) is 0 Å². The Morgan fingerprint density at radius 2 is 2.15 bits per heavy atom. The maximum Gasteiger partial charge on any atom is 0.252 e. The summed E-state index contributed by atoms with van der Waals surface area (Å²) >= 11 is 5.85. The molecule has 70 valence electrons. The molecule has 0 aliphatic heterocycles. The summed E-state index contributed by atoms with van der Waals surface area (Å²) < 4.78 is 0. The maximum absolute atomic E-state index is 11.2. The highest BCUT2D eigenvalue weighted by molar-refractivity contribution is 6.34. The molecule has 1 rings (SSSR count). The van der Waals surface area contributed by atoms with Crippen LogP contribution in [0.15, 0.2) is 12.1 Å². The van der Waals surface area contributed by atoms with Gasteiger partial charge in [0.1, 0.15) is 5.75 Å². The highest BCUT2D eigenvalue weighted by Gasteiger charge is 2.12. The third-order valence-corrected chi connectivity index (χ3v) is 2.32. The standard InChI is InChI=1S/C9H10ClNO2/c1-5-7(12)4-3-6(8(5)10)9(13)11-2/h3-4,12H,1-2H3,(H,11,13). The molecule has 0 aliphatic carbocycles. The van der Waals surface area contributed by atoms with Crippen molar-refractivity contribution in [2.45, 2.75) is 6.92 Å². The van der Waals surface area contributed by atoms with Crippen molar-refractivity contribution in [1.29, 1.82) is 0 Å². The predicted molar refractivity (Wildman–Crippen MR) is 51.2 cm³/mol. The highest BCUT2D eigenvalue weighted by atomic mass is 35.5. The number of phenols is 1. The Bertz CT molecular complexity index is 350. The third-order valence-electron chi connectivity index (χ3n) is 1.83. The molecule has 3 nitrogen and oxygen atoms in total. The van der Waals surface area contributed by atoms with Crippen molar-refractivity contribution in [3.8, 4) is 5.75 Å². The van der Waals surface area contributed by atoms with Crippen LogP contribution in [0.1, 0.15) is 15.9 Å². The molecule has 0 spiro atoms. The smallest absolute Gasteiger partial charge is 0.252 e. The molecule has 0 radical (unpaired) electrons. The minimum atomic E-state index is -0.256. The predicted octanol–water partition coefficient (Wildman–Crippen LogP) is 1.71. The molecule has 13 heavy (non-hydrogen) atoms. The van der Waals surface area contributed by atoms with Gasteiger partial charge in [-0.2, -0.15) is 0 Å². The molecule has 0 aromatic heterocycles. The van der Waals surface area contributed by atoms with Gasteiger partial charge in [-0.1, -0.05) is 11.6 Å². The van der Waals surface area contributed by atoms with E-state index in [-0.39, 0.29) is 11.7 Å². The molecule has 0 bridgehead atoms. The first-order valence-electron chi connectivity index (χ1n) is 3.78. The van der Waals surface area contributed by atoms with Gasteiger partial charge in [-0.3, -0.25) is 4.79 Å². The second-order valence-electron chi connectivity index (χ2n) is 2.65. The van der Waals surface area contributed by atoms with Crippen LogP contribution in [0.5, 0.6) is 5.75 Å². The lowest BCUT2D eigenvalue weighted by atomic mass is 10.1. The molecule has 1 amide bonds. The Kier molecular flexibility index (Phi) is 2.78. The third kappa shape index (κ3) is 1.75. The molecule has 1 aromatic rings. The number of amides is 1. The molecule has 0 saturated heterocycles. The monoisotopic (exact) mass is 199 g/mol. The SMILES string of the molecule is CNC(=O)c1ccc(O)c(C)c1Cl. The van der Waals surface area contributed by atoms with Crippen LogP contribution in [0.25, 0.3) is 0 Å². The second-order valence-corrected chi connectivity index (χ2v) is 3.03. The average molecular weight is 200 g/mol. The van der Waals surface area contributed by atoms with Gasteiger partial charge in [0, 0.05) is 12.6 Å². The van der Waals surface area contributed by atoms with Crippen LogP contribution in [0, 0.1) is 6.92 Å². The first-order chi connectivity index (χ1) is 6.07. The van der Waals surface area contributed by atoms with E-state index in [0.29, 0.717) is 16.1 Å². The Balaban J connectivity index is 3.26. The van der Waals surface area contributed by atoms with E-state index >= 15 is 0 Å². The molecule has 0 atom stereocenters. The van der Waals surface area contributed by atoms with Crippen molar-refractivity contribution in [2.75, 3.05) is 7.05 Å². The van der Waals surface area contributed by atoms with E-state index in [4.69, 9.17) is 11.6 Å². The average Bonchev–Trinajstić information content (AvgIpc) is 2.13. The number of rotatable bonds is 1. The van der Waals surface area contributed by atoms with E-state index in [1.165, 1.54) is 19.2 Å². The summed E-state index contributed by atoms with van der Waals surface area (Å²) in [5.41, 5.74) is 0.891. The van der Waals surface area contributed by atoms with Gasteiger partial charge >= 0.3 is 0 Å². The first-order valence-corrected chi connectivity index (χ1v) is 4.16. The maximum atomic E-state index is 11.2. The zero-order valence-corrected chi connectivity index (χ0v) is 8.14. The number of halogens is 1. The van der Waals surface area contributed by atoms with Crippen molar-refractivity contribution < 1.29 is 9.90 Å². The molecule has 1 aromatic carbocycles. The van der Waals surface area contributed by atoms with Crippen LogP contribution in [0.4, 0.5) is 0 Å². The minimum Gasteiger partial charge on any atom is -0.508 e. The number of aromatic hydroxyl groups is 1. The van der Waals surface area contributed by atoms with Crippen LogP contribution in [0.2, 0.25) is 5.02 Å². The summed E-state index contributed by atoms with van der Waals surface area (Å²) in [6.07, 6.45) is 0. The summed E-state index contributed by atoms with van der Waals surface area (Å²) in [4.78, 5) is 11.2. The summed E-state index contributed by atoms with van der Waals surface area (Å²) in [5, 5.41) is 12.0. The van der Waals surface area contributed by atoms with E-state index < -0.39 is 0 Å². The normalized spacial score (nSPS) is 9.77. The van der Waals surface area contributed by atoms with Gasteiger partial charge in [-0.05, 0) is 19.1 Å². The fourth-order valence-electron chi connectivity index (χ4n) is 0.985. The van der Waals surface area contributed by atoms with Crippen LogP contribution in [-0.4, -0.2) is 18.1 Å². The van der Waals surface area contributed by atoms with E-state index in [1.54, 1.807) is 6.92 Å². The Labute approximate surface area is 81.3 Å². The molecule has 2 N–H and O–H groups in total. The topological polar surface area (TPSA) is 49.3 Å². The van der Waals surface area contributed by atoms with Crippen molar-refractivity contribution in [3.63, 3.8) is 0 Å². The van der Waals surface area contributed by atoms with Crippen molar-refractivity contribution >= 4 is 17.5 Å². The van der Waals surface area contributed by atoms with Crippen molar-refractivity contribution in [3.05, 3.63) is 28.3 Å². The fraction of sp³-hybridized carbons (Fsp3) is 0.222. The number of benzene rings is 1. The Hall–Kier alpha value is -1.22. The summed E-state index contributed by atoms with van der Waals surface area (Å²) in [5.74, 6) is -0.161. The summed E-state index contributed by atoms with van der Waals surface area (Å²) in [7, 11) is 1.53. The van der Waals surface area contributed by atoms with Crippen LogP contribution in [0.3, 0.4) is 0 Å². The van der Waals surface area contributed by atoms with Crippen LogP contribution >= 0.6 is 11.6 Å². The van der Waals surface area contributed by atoms with E-state index in [0.717, 1.165) is 0 Å². The highest BCUT2D eigenvalue weighted by Crippen LogP contribution is 2.27. The number of hydrogen-bond acceptors (Lipinski definition) is 2. The zero-order valence-electron chi connectivity index (χ0n) is 7.39. The van der Waals surface area contributed by atoms with Gasteiger partial charge in [0.15, 0.2) is 0 Å². The molecule has 4 heteroatoms. The number of hydrogen-bond donors (Lipinski definition) is 2. The lowest BCUT2D eigenvalue weighted by Gasteiger charge is -2.06. The van der Waals surface area contributed by atoms with Crippen LogP contribution in [-0.2, 0) is 0 Å². The largest absolute Gasteiger partial charge is 0.508 e. The van der Waals surface area contributed by atoms with Gasteiger partial charge in [-0.15, -0.1) is 0 Å². The Morgan fingerprint density at radius 3 is 2.69 bits per heavy atom. The van der Waals surface area contributed by atoms with Gasteiger partial charge < -0.3 is 10.4 Å². The summed E-state index contributed by atoms with van der Waals surface area (Å²) in [6, 6.07) is 2.94. The molecule has 0 aliphatic rings. The Morgan fingerprint density at radius 1 is 1.54 bits per heavy atom. The molecular weight excluding hydrogens is 190 g/mol. The minimum absolute atomic E-state index is 0.0950. The van der Waals surface area contributed by atoms with Gasteiger partial charge in [0.05, 0.1) is 10.6 Å². The van der Waals surface area contributed by atoms with E-state index in [1.807, 2.05) is 0 Å².